The lowest BCUT2D eigenvalue weighted by molar-refractivity contribution is 0.925. The Balaban J connectivity index is 2.17. The number of hydrogen-bond acceptors (Lipinski definition) is 3. The van der Waals surface area contributed by atoms with Gasteiger partial charge in [0.15, 0.2) is 5.82 Å². The maximum absolute atomic E-state index is 5.94. The zero-order valence-corrected chi connectivity index (χ0v) is 11.5. The molecule has 2 aromatic heterocycles. The van der Waals surface area contributed by atoms with Gasteiger partial charge in [-0.3, -0.25) is 0 Å². The molecule has 102 valence electrons. The van der Waals surface area contributed by atoms with Crippen LogP contribution in [0.2, 0.25) is 0 Å². The third-order valence-electron chi connectivity index (χ3n) is 3.44. The third-order valence-corrected chi connectivity index (χ3v) is 3.44. The van der Waals surface area contributed by atoms with Crippen LogP contribution in [-0.4, -0.2) is 15.9 Å². The van der Waals surface area contributed by atoms with E-state index in [1.807, 2.05) is 42.6 Å². The quantitative estimate of drug-likeness (QED) is 0.789. The highest BCUT2D eigenvalue weighted by Gasteiger charge is 2.17. The van der Waals surface area contributed by atoms with Gasteiger partial charge in [-0.15, -0.1) is 0 Å². The van der Waals surface area contributed by atoms with Crippen LogP contribution in [0.5, 0.6) is 0 Å². The number of aromatic nitrogens is 2. The van der Waals surface area contributed by atoms with E-state index in [1.165, 1.54) is 0 Å². The monoisotopic (exact) mass is 266 g/mol. The lowest BCUT2D eigenvalue weighted by Crippen LogP contribution is -2.19. The minimum Gasteiger partial charge on any atom is -0.325 e. The molecule has 0 radical (unpaired) electrons. The van der Waals surface area contributed by atoms with Gasteiger partial charge in [0, 0.05) is 25.0 Å². The van der Waals surface area contributed by atoms with Crippen molar-refractivity contribution < 1.29 is 0 Å². The minimum absolute atomic E-state index is 0.462. The van der Waals surface area contributed by atoms with Gasteiger partial charge in [0.25, 0.3) is 0 Å². The second kappa shape index (κ2) is 5.35. The zero-order chi connectivity index (χ0) is 13.9. The molecule has 20 heavy (non-hydrogen) atoms. The fraction of sp³-hybridized carbons (Fsp3) is 0.188. The van der Waals surface area contributed by atoms with Crippen LogP contribution in [0.3, 0.4) is 0 Å². The number of fused-ring (bicyclic) bond motifs is 1. The van der Waals surface area contributed by atoms with Gasteiger partial charge in [-0.25, -0.2) is 4.98 Å². The molecule has 3 aromatic rings. The van der Waals surface area contributed by atoms with Crippen LogP contribution in [0.25, 0.3) is 5.65 Å². The van der Waals surface area contributed by atoms with Crippen LogP contribution < -0.4 is 10.6 Å². The molecule has 1 aromatic carbocycles. The van der Waals surface area contributed by atoms with E-state index in [-0.39, 0.29) is 0 Å². The van der Waals surface area contributed by atoms with Crippen molar-refractivity contribution in [2.45, 2.75) is 13.5 Å². The summed E-state index contributed by atoms with van der Waals surface area (Å²) in [7, 11) is 0. The van der Waals surface area contributed by atoms with Gasteiger partial charge >= 0.3 is 0 Å². The van der Waals surface area contributed by atoms with E-state index in [0.717, 1.165) is 29.4 Å². The van der Waals surface area contributed by atoms with E-state index in [4.69, 9.17) is 10.7 Å². The maximum atomic E-state index is 5.94. The highest BCUT2D eigenvalue weighted by Crippen LogP contribution is 2.28. The molecule has 0 bridgehead atoms. The predicted octanol–water partition coefficient (Wildman–Crippen LogP) is 2.95. The Morgan fingerprint density at radius 1 is 1.10 bits per heavy atom. The molecule has 0 atom stereocenters. The first-order chi connectivity index (χ1) is 9.85. The van der Waals surface area contributed by atoms with E-state index in [1.54, 1.807) is 0 Å². The van der Waals surface area contributed by atoms with Crippen LogP contribution in [0.15, 0.2) is 54.7 Å². The summed E-state index contributed by atoms with van der Waals surface area (Å²) in [5, 5.41) is 0. The topological polar surface area (TPSA) is 46.6 Å². The highest BCUT2D eigenvalue weighted by atomic mass is 15.2. The molecule has 0 spiro atoms. The van der Waals surface area contributed by atoms with Gasteiger partial charge in [0.2, 0.25) is 0 Å². The molecule has 0 unspecified atom stereocenters. The predicted molar refractivity (Wildman–Crippen MR) is 82.2 cm³/mol. The Morgan fingerprint density at radius 2 is 1.85 bits per heavy atom. The molecule has 4 heteroatoms. The van der Waals surface area contributed by atoms with Gasteiger partial charge in [-0.05, 0) is 31.2 Å². The first-order valence-electron chi connectivity index (χ1n) is 6.83. The molecule has 4 nitrogen and oxygen atoms in total. The molecular weight excluding hydrogens is 248 g/mol. The van der Waals surface area contributed by atoms with Crippen molar-refractivity contribution in [2.75, 3.05) is 11.4 Å². The van der Waals surface area contributed by atoms with Crippen molar-refractivity contribution in [3.63, 3.8) is 0 Å². The summed E-state index contributed by atoms with van der Waals surface area (Å²) >= 11 is 0. The van der Waals surface area contributed by atoms with Crippen LogP contribution in [0.1, 0.15) is 12.6 Å². The Labute approximate surface area is 118 Å². The van der Waals surface area contributed by atoms with E-state index >= 15 is 0 Å². The molecule has 0 aliphatic heterocycles. The van der Waals surface area contributed by atoms with Gasteiger partial charge in [-0.1, -0.05) is 24.3 Å². The number of hydrogen-bond donors (Lipinski definition) is 1. The van der Waals surface area contributed by atoms with Crippen LogP contribution in [-0.2, 0) is 6.54 Å². The maximum Gasteiger partial charge on any atom is 0.156 e. The van der Waals surface area contributed by atoms with Crippen molar-refractivity contribution in [1.82, 2.24) is 9.38 Å². The molecule has 3 rings (SSSR count). The number of benzene rings is 1. The van der Waals surface area contributed by atoms with Gasteiger partial charge in [0.05, 0.1) is 5.69 Å². The summed E-state index contributed by atoms with van der Waals surface area (Å²) in [6.45, 7) is 3.43. The molecule has 0 saturated heterocycles. The van der Waals surface area contributed by atoms with Crippen molar-refractivity contribution in [2.24, 2.45) is 5.73 Å². The Morgan fingerprint density at radius 3 is 2.55 bits per heavy atom. The van der Waals surface area contributed by atoms with Gasteiger partial charge in [-0.2, -0.15) is 0 Å². The van der Waals surface area contributed by atoms with Crippen LogP contribution >= 0.6 is 0 Å². The number of rotatable bonds is 4. The largest absolute Gasteiger partial charge is 0.325 e. The second-order valence-corrected chi connectivity index (χ2v) is 4.59. The van der Waals surface area contributed by atoms with E-state index in [0.29, 0.717) is 6.54 Å². The summed E-state index contributed by atoms with van der Waals surface area (Å²) in [6, 6.07) is 16.3. The lowest BCUT2D eigenvalue weighted by atomic mass is 10.2. The van der Waals surface area contributed by atoms with Crippen LogP contribution in [0, 0.1) is 0 Å². The summed E-state index contributed by atoms with van der Waals surface area (Å²) in [6.07, 6.45) is 2.01. The zero-order valence-electron chi connectivity index (χ0n) is 11.5. The first-order valence-corrected chi connectivity index (χ1v) is 6.83. The lowest BCUT2D eigenvalue weighted by Gasteiger charge is -2.21. The molecule has 0 aliphatic carbocycles. The average Bonchev–Trinajstić information content (AvgIpc) is 2.87. The van der Waals surface area contributed by atoms with Crippen molar-refractivity contribution >= 4 is 17.2 Å². The summed E-state index contributed by atoms with van der Waals surface area (Å²) in [5.74, 6) is 0.937. The average molecular weight is 266 g/mol. The van der Waals surface area contributed by atoms with E-state index in [2.05, 4.69) is 28.4 Å². The fourth-order valence-electron chi connectivity index (χ4n) is 2.50. The SMILES string of the molecule is CCN(c1ccccc1)c1nc2ccccn2c1CN. The van der Waals surface area contributed by atoms with E-state index in [9.17, 15) is 0 Å². The Kier molecular flexibility index (Phi) is 3.39. The third kappa shape index (κ3) is 2.04. The Hall–Kier alpha value is -2.33. The van der Waals surface area contributed by atoms with Gasteiger partial charge in [0.1, 0.15) is 5.65 Å². The molecule has 0 amide bonds. The summed E-state index contributed by atoms with van der Waals surface area (Å²) < 4.78 is 2.06. The second-order valence-electron chi connectivity index (χ2n) is 4.59. The fourth-order valence-corrected chi connectivity index (χ4v) is 2.50. The van der Waals surface area contributed by atoms with Crippen molar-refractivity contribution in [1.29, 1.82) is 0 Å². The standard InChI is InChI=1S/C16H18N4/c1-2-19(13-8-4-3-5-9-13)16-14(12-17)20-11-7-6-10-15(20)18-16/h3-11H,2,12,17H2,1H3. The molecule has 0 aliphatic rings. The number of pyridine rings is 1. The van der Waals surface area contributed by atoms with Crippen molar-refractivity contribution in [3.8, 4) is 0 Å². The smallest absolute Gasteiger partial charge is 0.156 e. The molecule has 2 heterocycles. The number of imidazole rings is 1. The van der Waals surface area contributed by atoms with E-state index < -0.39 is 0 Å². The molecule has 0 fully saturated rings. The summed E-state index contributed by atoms with van der Waals surface area (Å²) in [5.41, 5.74) is 9.04. The van der Waals surface area contributed by atoms with Crippen molar-refractivity contribution in [3.05, 3.63) is 60.4 Å². The van der Waals surface area contributed by atoms with Gasteiger partial charge < -0.3 is 15.0 Å². The highest BCUT2D eigenvalue weighted by molar-refractivity contribution is 5.65. The number of nitrogens with zero attached hydrogens (tertiary/aromatic N) is 3. The molecule has 2 N–H and O–H groups in total. The molecular formula is C16H18N4. The number of anilines is 2. The van der Waals surface area contributed by atoms with Crippen LogP contribution in [0.4, 0.5) is 11.5 Å². The first kappa shape index (κ1) is 12.7. The number of nitrogens with two attached hydrogens (primary N) is 1. The normalized spacial score (nSPS) is 10.9. The minimum atomic E-state index is 0.462. The number of para-hydroxylation sites is 1. The summed E-state index contributed by atoms with van der Waals surface area (Å²) in [4.78, 5) is 6.93. The Bertz CT molecular complexity index is 703. The molecule has 0 saturated carbocycles.